The molecule has 3 rings (SSSR count). The van der Waals surface area contributed by atoms with E-state index in [-0.39, 0.29) is 43.1 Å². The van der Waals surface area contributed by atoms with Gasteiger partial charge in [0.1, 0.15) is 12.3 Å². The molecule has 1 aliphatic rings. The molecule has 1 saturated heterocycles. The number of ether oxygens (including phenoxy) is 1. The fourth-order valence-electron chi connectivity index (χ4n) is 4.74. The Labute approximate surface area is 242 Å². The van der Waals surface area contributed by atoms with Crippen molar-refractivity contribution in [1.82, 2.24) is 10.2 Å². The summed E-state index contributed by atoms with van der Waals surface area (Å²) in [6.07, 6.45) is 3.55. The van der Waals surface area contributed by atoms with Crippen molar-refractivity contribution < 1.29 is 33.0 Å². The number of aromatic hydroxyl groups is 1. The SMILES string of the molecule is CCCCN(CC(=O)OCC)C(=O)c1ccc(N2CCC(NC[C@H](O)c3ccc(O)c(NS(C)(=O)=O)c3)CC2)cc1. The molecule has 2 aromatic carbocycles. The quantitative estimate of drug-likeness (QED) is 0.193. The Bertz CT molecular complexity index is 1260. The van der Waals surface area contributed by atoms with Gasteiger partial charge in [-0.2, -0.15) is 0 Å². The molecule has 12 heteroatoms. The van der Waals surface area contributed by atoms with Crippen molar-refractivity contribution in [3.63, 3.8) is 0 Å². The number of unbranched alkanes of at least 4 members (excludes halogenated alkanes) is 1. The number of amides is 1. The molecule has 1 heterocycles. The molecular formula is C29H42N4O7S. The molecule has 4 N–H and O–H groups in total. The van der Waals surface area contributed by atoms with Gasteiger partial charge in [0.2, 0.25) is 10.0 Å². The molecular weight excluding hydrogens is 548 g/mol. The maximum absolute atomic E-state index is 13.1. The summed E-state index contributed by atoms with van der Waals surface area (Å²) < 4.78 is 30.3. The average Bonchev–Trinajstić information content (AvgIpc) is 2.94. The highest BCUT2D eigenvalue weighted by Gasteiger charge is 2.23. The Balaban J connectivity index is 1.51. The Morgan fingerprint density at radius 2 is 1.80 bits per heavy atom. The van der Waals surface area contributed by atoms with Gasteiger partial charge in [0.25, 0.3) is 5.91 Å². The second kappa shape index (κ2) is 15.0. The second-order valence-electron chi connectivity index (χ2n) is 10.3. The van der Waals surface area contributed by atoms with Crippen LogP contribution in [0.1, 0.15) is 61.6 Å². The van der Waals surface area contributed by atoms with Gasteiger partial charge < -0.3 is 30.1 Å². The number of carbonyl (C=O) groups is 2. The van der Waals surface area contributed by atoms with E-state index in [9.17, 15) is 28.2 Å². The van der Waals surface area contributed by atoms with Crippen LogP contribution in [-0.4, -0.2) is 87.0 Å². The highest BCUT2D eigenvalue weighted by molar-refractivity contribution is 7.92. The number of hydrogen-bond donors (Lipinski definition) is 4. The number of esters is 1. The number of phenolic OH excluding ortho intramolecular Hbond substituents is 1. The molecule has 0 saturated carbocycles. The first-order chi connectivity index (χ1) is 19.5. The summed E-state index contributed by atoms with van der Waals surface area (Å²) in [4.78, 5) is 28.9. The van der Waals surface area contributed by atoms with E-state index >= 15 is 0 Å². The Morgan fingerprint density at radius 1 is 1.12 bits per heavy atom. The van der Waals surface area contributed by atoms with Crippen LogP contribution in [0, 0.1) is 0 Å². The van der Waals surface area contributed by atoms with Crippen molar-refractivity contribution in [2.24, 2.45) is 0 Å². The molecule has 1 amide bonds. The zero-order valence-corrected chi connectivity index (χ0v) is 24.8. The van der Waals surface area contributed by atoms with E-state index in [1.165, 1.54) is 12.1 Å². The third-order valence-corrected chi connectivity index (χ3v) is 7.56. The van der Waals surface area contributed by atoms with Gasteiger partial charge in [-0.3, -0.25) is 14.3 Å². The molecule has 0 spiro atoms. The molecule has 0 bridgehead atoms. The predicted molar refractivity (Wildman–Crippen MR) is 159 cm³/mol. The molecule has 1 aliphatic heterocycles. The molecule has 1 atom stereocenters. The molecule has 11 nitrogen and oxygen atoms in total. The van der Waals surface area contributed by atoms with Crippen molar-refractivity contribution >= 4 is 33.3 Å². The first kappa shape index (κ1) is 32.2. The lowest BCUT2D eigenvalue weighted by Gasteiger charge is -2.34. The smallest absolute Gasteiger partial charge is 0.325 e. The summed E-state index contributed by atoms with van der Waals surface area (Å²) >= 11 is 0. The maximum Gasteiger partial charge on any atom is 0.325 e. The number of benzene rings is 2. The Morgan fingerprint density at radius 3 is 2.41 bits per heavy atom. The Kier molecular flexibility index (Phi) is 11.8. The van der Waals surface area contributed by atoms with Gasteiger partial charge in [0.15, 0.2) is 0 Å². The number of anilines is 2. The summed E-state index contributed by atoms with van der Waals surface area (Å²) in [6.45, 7) is 6.38. The number of hydrogen-bond acceptors (Lipinski definition) is 9. The number of nitrogens with zero attached hydrogens (tertiary/aromatic N) is 2. The van der Waals surface area contributed by atoms with Gasteiger partial charge in [-0.25, -0.2) is 8.42 Å². The third-order valence-electron chi connectivity index (χ3n) is 6.97. The van der Waals surface area contributed by atoms with Crippen LogP contribution in [0.25, 0.3) is 0 Å². The van der Waals surface area contributed by atoms with Crippen molar-refractivity contribution in [2.45, 2.75) is 51.7 Å². The van der Waals surface area contributed by atoms with Gasteiger partial charge in [-0.15, -0.1) is 0 Å². The van der Waals surface area contributed by atoms with E-state index in [1.807, 2.05) is 19.1 Å². The van der Waals surface area contributed by atoms with Gasteiger partial charge in [0.05, 0.1) is 24.7 Å². The van der Waals surface area contributed by atoms with E-state index in [0.717, 1.165) is 50.7 Å². The molecule has 0 radical (unpaired) electrons. The highest BCUT2D eigenvalue weighted by atomic mass is 32.2. The van der Waals surface area contributed by atoms with E-state index in [4.69, 9.17) is 4.74 Å². The van der Waals surface area contributed by atoms with Crippen LogP contribution in [0.2, 0.25) is 0 Å². The number of rotatable bonds is 14. The van der Waals surface area contributed by atoms with E-state index in [0.29, 0.717) is 17.7 Å². The van der Waals surface area contributed by atoms with E-state index in [1.54, 1.807) is 30.0 Å². The Hall–Kier alpha value is -3.35. The second-order valence-corrected chi connectivity index (χ2v) is 12.0. The molecule has 41 heavy (non-hydrogen) atoms. The molecule has 2 aromatic rings. The predicted octanol–water partition coefficient (Wildman–Crippen LogP) is 2.86. The topological polar surface area (TPSA) is 149 Å². The minimum Gasteiger partial charge on any atom is -0.506 e. The van der Waals surface area contributed by atoms with Crippen molar-refractivity contribution in [3.05, 3.63) is 53.6 Å². The van der Waals surface area contributed by atoms with Crippen LogP contribution in [0.4, 0.5) is 11.4 Å². The minimum atomic E-state index is -3.57. The fourth-order valence-corrected chi connectivity index (χ4v) is 5.30. The lowest BCUT2D eigenvalue weighted by Crippen LogP contribution is -2.43. The molecule has 226 valence electrons. The number of piperidine rings is 1. The zero-order chi connectivity index (χ0) is 30.0. The standard InChI is InChI=1S/C29H42N4O7S/c1-4-6-15-33(20-28(36)40-5-2)29(37)21-7-10-24(11-8-21)32-16-13-23(14-17-32)30-19-27(35)22-9-12-26(34)25(18-22)31-41(3,38)39/h7-12,18,23,27,30-31,34-35H,4-6,13-17,19-20H2,1-3H3/t27-/m0/s1. The normalized spacial score (nSPS) is 14.9. The van der Waals surface area contributed by atoms with Crippen LogP contribution < -0.4 is 14.9 Å². The molecule has 0 aromatic heterocycles. The first-order valence-corrected chi connectivity index (χ1v) is 15.9. The number of phenols is 1. The van der Waals surface area contributed by atoms with Crippen molar-refractivity contribution in [2.75, 3.05) is 55.2 Å². The van der Waals surface area contributed by atoms with Gasteiger partial charge >= 0.3 is 5.97 Å². The summed E-state index contributed by atoms with van der Waals surface area (Å²) in [5.74, 6) is -0.809. The van der Waals surface area contributed by atoms with Crippen LogP contribution in [-0.2, 0) is 19.6 Å². The number of sulfonamides is 1. The van der Waals surface area contributed by atoms with Crippen LogP contribution in [0.15, 0.2) is 42.5 Å². The average molecular weight is 591 g/mol. The fraction of sp³-hybridized carbons (Fsp3) is 0.517. The summed E-state index contributed by atoms with van der Waals surface area (Å²) in [5.41, 5.74) is 2.06. The van der Waals surface area contributed by atoms with Crippen molar-refractivity contribution in [3.8, 4) is 5.75 Å². The molecule has 1 fully saturated rings. The number of aliphatic hydroxyl groups is 1. The number of nitrogens with one attached hydrogen (secondary N) is 2. The van der Waals surface area contributed by atoms with Gasteiger partial charge in [-0.05, 0) is 68.1 Å². The van der Waals surface area contributed by atoms with Gasteiger partial charge in [-0.1, -0.05) is 19.4 Å². The zero-order valence-electron chi connectivity index (χ0n) is 24.0. The summed E-state index contributed by atoms with van der Waals surface area (Å²) in [5, 5.41) is 23.9. The van der Waals surface area contributed by atoms with Crippen LogP contribution in [0.5, 0.6) is 5.75 Å². The van der Waals surface area contributed by atoms with E-state index in [2.05, 4.69) is 14.9 Å². The number of aliphatic hydroxyl groups excluding tert-OH is 1. The highest BCUT2D eigenvalue weighted by Crippen LogP contribution is 2.28. The van der Waals surface area contributed by atoms with Crippen LogP contribution >= 0.6 is 0 Å². The maximum atomic E-state index is 13.1. The summed E-state index contributed by atoms with van der Waals surface area (Å²) in [6, 6.07) is 12.0. The molecule has 0 aliphatic carbocycles. The lowest BCUT2D eigenvalue weighted by atomic mass is 10.0. The van der Waals surface area contributed by atoms with E-state index < -0.39 is 22.1 Å². The first-order valence-electron chi connectivity index (χ1n) is 14.0. The number of carbonyl (C=O) groups excluding carboxylic acids is 2. The summed E-state index contributed by atoms with van der Waals surface area (Å²) in [7, 11) is -3.57. The monoisotopic (exact) mass is 590 g/mol. The van der Waals surface area contributed by atoms with Crippen molar-refractivity contribution in [1.29, 1.82) is 0 Å². The van der Waals surface area contributed by atoms with Gasteiger partial charge in [0, 0.05) is 43.5 Å². The lowest BCUT2D eigenvalue weighted by molar-refractivity contribution is -0.143. The largest absolute Gasteiger partial charge is 0.506 e. The van der Waals surface area contributed by atoms with Crippen LogP contribution in [0.3, 0.4) is 0 Å². The third kappa shape index (κ3) is 9.91. The molecule has 0 unspecified atom stereocenters. The minimum absolute atomic E-state index is 0.0257.